The Labute approximate surface area is 144 Å². The summed E-state index contributed by atoms with van der Waals surface area (Å²) in [4.78, 5) is 27.9. The van der Waals surface area contributed by atoms with E-state index in [0.29, 0.717) is 6.54 Å². The fourth-order valence-corrected chi connectivity index (χ4v) is 3.63. The maximum absolute atomic E-state index is 11.9. The fourth-order valence-electron chi connectivity index (χ4n) is 2.07. The van der Waals surface area contributed by atoms with E-state index in [2.05, 4.69) is 10.6 Å². The van der Waals surface area contributed by atoms with E-state index in [4.69, 9.17) is 0 Å². The first-order valence-electron chi connectivity index (χ1n) is 7.40. The number of urea groups is 1. The first kappa shape index (κ1) is 17.7. The van der Waals surface area contributed by atoms with Crippen LogP contribution >= 0.6 is 22.7 Å². The Bertz CT molecular complexity index is 611. The van der Waals surface area contributed by atoms with Gasteiger partial charge in [-0.05, 0) is 43.3 Å². The van der Waals surface area contributed by atoms with Crippen molar-refractivity contribution < 1.29 is 9.59 Å². The van der Waals surface area contributed by atoms with Crippen molar-refractivity contribution in [2.75, 3.05) is 20.1 Å². The molecule has 0 radical (unpaired) electrons. The lowest BCUT2D eigenvalue weighted by Crippen LogP contribution is -2.44. The van der Waals surface area contributed by atoms with Crippen molar-refractivity contribution in [3.05, 3.63) is 44.8 Å². The summed E-state index contributed by atoms with van der Waals surface area (Å²) in [6.07, 6.45) is 0.772. The van der Waals surface area contributed by atoms with Gasteiger partial charge < -0.3 is 5.32 Å². The summed E-state index contributed by atoms with van der Waals surface area (Å²) in [6, 6.07) is 7.74. The van der Waals surface area contributed by atoms with E-state index in [-0.39, 0.29) is 18.5 Å². The standard InChI is InChI=1S/C16H21N3O2S2/c1-12(14-6-4-10-23-14)19(2)11-15(20)18-16(21)17-8-7-13-5-3-9-22-13/h3-6,9-10,12H,7-8,11H2,1-2H3,(H2,17,18,20,21). The monoisotopic (exact) mass is 351 g/mol. The highest BCUT2D eigenvalue weighted by Gasteiger charge is 2.16. The van der Waals surface area contributed by atoms with Gasteiger partial charge in [-0.2, -0.15) is 0 Å². The van der Waals surface area contributed by atoms with Gasteiger partial charge in [0, 0.05) is 22.3 Å². The van der Waals surface area contributed by atoms with Gasteiger partial charge in [0.2, 0.25) is 5.91 Å². The van der Waals surface area contributed by atoms with Gasteiger partial charge in [-0.25, -0.2) is 4.79 Å². The minimum atomic E-state index is -0.441. The molecule has 0 aromatic carbocycles. The number of likely N-dealkylation sites (N-methyl/N-ethyl adjacent to an activating group) is 1. The lowest BCUT2D eigenvalue weighted by Gasteiger charge is -2.22. The average molecular weight is 351 g/mol. The molecule has 23 heavy (non-hydrogen) atoms. The summed E-state index contributed by atoms with van der Waals surface area (Å²) >= 11 is 3.31. The smallest absolute Gasteiger partial charge is 0.321 e. The molecule has 0 saturated carbocycles. The highest BCUT2D eigenvalue weighted by Crippen LogP contribution is 2.22. The molecule has 124 valence electrons. The van der Waals surface area contributed by atoms with Gasteiger partial charge in [-0.15, -0.1) is 22.7 Å². The Kier molecular flexibility index (Phi) is 6.76. The maximum atomic E-state index is 11.9. The molecule has 0 fully saturated rings. The Morgan fingerprint density at radius 1 is 1.22 bits per heavy atom. The summed E-state index contributed by atoms with van der Waals surface area (Å²) in [5.74, 6) is -0.301. The van der Waals surface area contributed by atoms with Crippen LogP contribution in [0.4, 0.5) is 4.79 Å². The molecule has 7 heteroatoms. The van der Waals surface area contributed by atoms with Crippen molar-refractivity contribution in [2.24, 2.45) is 0 Å². The van der Waals surface area contributed by atoms with Crippen molar-refractivity contribution in [2.45, 2.75) is 19.4 Å². The minimum absolute atomic E-state index is 0.141. The van der Waals surface area contributed by atoms with Gasteiger partial charge in [0.15, 0.2) is 0 Å². The lowest BCUT2D eigenvalue weighted by atomic mass is 10.2. The number of carbonyl (C=O) groups is 2. The molecule has 0 aliphatic rings. The van der Waals surface area contributed by atoms with Gasteiger partial charge in [0.05, 0.1) is 6.54 Å². The van der Waals surface area contributed by atoms with Gasteiger partial charge in [-0.3, -0.25) is 15.0 Å². The van der Waals surface area contributed by atoms with Crippen LogP contribution in [0.2, 0.25) is 0 Å². The van der Waals surface area contributed by atoms with Crippen LogP contribution in [0.15, 0.2) is 35.0 Å². The summed E-state index contributed by atoms with van der Waals surface area (Å²) in [5.41, 5.74) is 0. The molecule has 2 aromatic heterocycles. The first-order chi connectivity index (χ1) is 11.1. The van der Waals surface area contributed by atoms with Crippen molar-refractivity contribution in [1.29, 1.82) is 0 Å². The second-order valence-corrected chi connectivity index (χ2v) is 7.25. The topological polar surface area (TPSA) is 61.4 Å². The molecule has 3 amide bonds. The van der Waals surface area contributed by atoms with Crippen LogP contribution in [0.25, 0.3) is 0 Å². The van der Waals surface area contributed by atoms with Crippen LogP contribution in [0.3, 0.4) is 0 Å². The molecule has 2 N–H and O–H groups in total. The van der Waals surface area contributed by atoms with E-state index in [9.17, 15) is 9.59 Å². The number of rotatable bonds is 7. The van der Waals surface area contributed by atoms with Crippen molar-refractivity contribution in [1.82, 2.24) is 15.5 Å². The third-order valence-electron chi connectivity index (χ3n) is 3.50. The van der Waals surface area contributed by atoms with Crippen molar-refractivity contribution in [3.8, 4) is 0 Å². The Morgan fingerprint density at radius 2 is 1.96 bits per heavy atom. The zero-order chi connectivity index (χ0) is 16.7. The van der Waals surface area contributed by atoms with E-state index in [1.807, 2.05) is 53.9 Å². The molecule has 0 saturated heterocycles. The second-order valence-electron chi connectivity index (χ2n) is 5.24. The number of carbonyl (C=O) groups excluding carboxylic acids is 2. The first-order valence-corrected chi connectivity index (χ1v) is 9.16. The third-order valence-corrected chi connectivity index (χ3v) is 5.48. The predicted molar refractivity (Wildman–Crippen MR) is 94.9 cm³/mol. The molecule has 1 atom stereocenters. The highest BCUT2D eigenvalue weighted by molar-refractivity contribution is 7.10. The van der Waals surface area contributed by atoms with E-state index in [1.165, 1.54) is 9.75 Å². The van der Waals surface area contributed by atoms with Crippen LogP contribution in [-0.2, 0) is 11.2 Å². The van der Waals surface area contributed by atoms with E-state index in [1.54, 1.807) is 22.7 Å². The predicted octanol–water partition coefficient (Wildman–Crippen LogP) is 2.87. The van der Waals surface area contributed by atoms with Crippen LogP contribution in [-0.4, -0.2) is 37.0 Å². The molecule has 0 bridgehead atoms. The summed E-state index contributed by atoms with van der Waals surface area (Å²) in [7, 11) is 1.87. The molecule has 0 aliphatic heterocycles. The minimum Gasteiger partial charge on any atom is -0.337 e. The van der Waals surface area contributed by atoms with Crippen LogP contribution < -0.4 is 10.6 Å². The van der Waals surface area contributed by atoms with Crippen LogP contribution in [0.1, 0.15) is 22.7 Å². The number of nitrogens with zero attached hydrogens (tertiary/aromatic N) is 1. The highest BCUT2D eigenvalue weighted by atomic mass is 32.1. The van der Waals surface area contributed by atoms with Gasteiger partial charge >= 0.3 is 6.03 Å². The van der Waals surface area contributed by atoms with Crippen molar-refractivity contribution in [3.63, 3.8) is 0 Å². The SMILES string of the molecule is CC(c1cccs1)N(C)CC(=O)NC(=O)NCCc1cccs1. The van der Waals surface area contributed by atoms with E-state index >= 15 is 0 Å². The number of imide groups is 1. The molecule has 5 nitrogen and oxygen atoms in total. The van der Waals surface area contributed by atoms with Crippen LogP contribution in [0.5, 0.6) is 0 Å². The van der Waals surface area contributed by atoms with E-state index < -0.39 is 6.03 Å². The summed E-state index contributed by atoms with van der Waals surface area (Å²) < 4.78 is 0. The maximum Gasteiger partial charge on any atom is 0.321 e. The van der Waals surface area contributed by atoms with Gasteiger partial charge in [0.25, 0.3) is 0 Å². The lowest BCUT2D eigenvalue weighted by molar-refractivity contribution is -0.121. The molecule has 0 aliphatic carbocycles. The third kappa shape index (κ3) is 5.78. The van der Waals surface area contributed by atoms with Gasteiger partial charge in [0.1, 0.15) is 0 Å². The average Bonchev–Trinajstić information content (AvgIpc) is 3.19. The molecule has 1 unspecified atom stereocenters. The van der Waals surface area contributed by atoms with Crippen molar-refractivity contribution >= 4 is 34.6 Å². The zero-order valence-corrected chi connectivity index (χ0v) is 14.9. The number of hydrogen-bond donors (Lipinski definition) is 2. The summed E-state index contributed by atoms with van der Waals surface area (Å²) in [5, 5.41) is 9.09. The number of hydrogen-bond acceptors (Lipinski definition) is 5. The number of thiophene rings is 2. The Hall–Kier alpha value is -1.70. The number of nitrogens with one attached hydrogen (secondary N) is 2. The quantitative estimate of drug-likeness (QED) is 0.806. The molecule has 2 aromatic rings. The summed E-state index contributed by atoms with van der Waals surface area (Å²) in [6.45, 7) is 2.73. The Morgan fingerprint density at radius 3 is 2.61 bits per heavy atom. The number of amides is 3. The fraction of sp³-hybridized carbons (Fsp3) is 0.375. The molecule has 2 rings (SSSR count). The zero-order valence-electron chi connectivity index (χ0n) is 13.2. The van der Waals surface area contributed by atoms with E-state index in [0.717, 1.165) is 6.42 Å². The molecular weight excluding hydrogens is 330 g/mol. The molecule has 2 heterocycles. The van der Waals surface area contributed by atoms with Crippen LogP contribution in [0, 0.1) is 0 Å². The molecule has 0 spiro atoms. The second kappa shape index (κ2) is 8.81. The molecular formula is C16H21N3O2S2. The normalized spacial score (nSPS) is 12.1. The Balaban J connectivity index is 1.68. The van der Waals surface area contributed by atoms with Gasteiger partial charge in [-0.1, -0.05) is 12.1 Å². The largest absolute Gasteiger partial charge is 0.337 e.